The third kappa shape index (κ3) is 4.57. The Kier molecular flexibility index (Phi) is 5.74. The van der Waals surface area contributed by atoms with Crippen molar-refractivity contribution in [1.82, 2.24) is 10.3 Å². The van der Waals surface area contributed by atoms with Crippen LogP contribution < -0.4 is 14.8 Å². The minimum Gasteiger partial charge on any atom is -0.497 e. The van der Waals surface area contributed by atoms with Gasteiger partial charge in [-0.1, -0.05) is 6.07 Å². The first kappa shape index (κ1) is 16.5. The number of pyridine rings is 1. The minimum absolute atomic E-state index is 0.193. The van der Waals surface area contributed by atoms with Gasteiger partial charge in [-0.25, -0.2) is 0 Å². The zero-order valence-electron chi connectivity index (χ0n) is 13.4. The van der Waals surface area contributed by atoms with Crippen molar-refractivity contribution in [2.75, 3.05) is 14.2 Å². The van der Waals surface area contributed by atoms with Crippen LogP contribution in [0.4, 0.5) is 0 Å². The molecule has 1 heterocycles. The van der Waals surface area contributed by atoms with E-state index in [0.29, 0.717) is 11.5 Å². The van der Waals surface area contributed by atoms with Gasteiger partial charge in [0.1, 0.15) is 11.5 Å². The number of benzene rings is 1. The third-order valence-electron chi connectivity index (χ3n) is 3.36. The van der Waals surface area contributed by atoms with Gasteiger partial charge in [-0.2, -0.15) is 0 Å². The Morgan fingerprint density at radius 2 is 2.04 bits per heavy atom. The fraction of sp³-hybridized carbons (Fsp3) is 0.222. The van der Waals surface area contributed by atoms with Crippen molar-refractivity contribution >= 4 is 12.0 Å². The van der Waals surface area contributed by atoms with E-state index < -0.39 is 0 Å². The summed E-state index contributed by atoms with van der Waals surface area (Å²) in [5, 5.41) is 2.90. The second kappa shape index (κ2) is 7.98. The van der Waals surface area contributed by atoms with Crippen LogP contribution in [0.2, 0.25) is 0 Å². The lowest BCUT2D eigenvalue weighted by atomic mass is 10.1. The Bertz CT molecular complexity index is 684. The second-order valence-corrected chi connectivity index (χ2v) is 4.93. The van der Waals surface area contributed by atoms with E-state index in [9.17, 15) is 4.79 Å². The maximum atomic E-state index is 12.0. The highest BCUT2D eigenvalue weighted by molar-refractivity contribution is 5.91. The van der Waals surface area contributed by atoms with E-state index >= 15 is 0 Å². The number of aromatic nitrogens is 1. The Labute approximate surface area is 136 Å². The van der Waals surface area contributed by atoms with Crippen LogP contribution in [0.3, 0.4) is 0 Å². The number of amides is 1. The van der Waals surface area contributed by atoms with Gasteiger partial charge in [0.2, 0.25) is 5.91 Å². The zero-order valence-corrected chi connectivity index (χ0v) is 13.4. The number of nitrogens with zero attached hydrogens (tertiary/aromatic N) is 1. The highest BCUT2D eigenvalue weighted by Crippen LogP contribution is 2.29. The number of hydrogen-bond acceptors (Lipinski definition) is 4. The lowest BCUT2D eigenvalue weighted by Crippen LogP contribution is -2.25. The fourth-order valence-electron chi connectivity index (χ4n) is 2.15. The highest BCUT2D eigenvalue weighted by Gasteiger charge is 2.13. The maximum absolute atomic E-state index is 12.0. The average molecular weight is 312 g/mol. The Balaban J connectivity index is 2.05. The van der Waals surface area contributed by atoms with Crippen molar-refractivity contribution in [1.29, 1.82) is 0 Å². The summed E-state index contributed by atoms with van der Waals surface area (Å²) in [5.41, 5.74) is 1.62. The molecule has 5 heteroatoms. The highest BCUT2D eigenvalue weighted by atomic mass is 16.5. The molecular weight excluding hydrogens is 292 g/mol. The third-order valence-corrected chi connectivity index (χ3v) is 3.36. The van der Waals surface area contributed by atoms with E-state index in [1.165, 1.54) is 6.08 Å². The molecule has 0 aliphatic rings. The molecule has 120 valence electrons. The lowest BCUT2D eigenvalue weighted by Gasteiger charge is -2.17. The molecule has 2 rings (SSSR count). The predicted octanol–water partition coefficient (Wildman–Crippen LogP) is 2.99. The van der Waals surface area contributed by atoms with Crippen LogP contribution in [0.25, 0.3) is 6.08 Å². The number of methoxy groups -OCH3 is 2. The van der Waals surface area contributed by atoms with Crippen molar-refractivity contribution in [3.63, 3.8) is 0 Å². The number of hydrogen-bond donors (Lipinski definition) is 1. The van der Waals surface area contributed by atoms with Gasteiger partial charge >= 0.3 is 0 Å². The maximum Gasteiger partial charge on any atom is 0.244 e. The number of nitrogens with one attached hydrogen (secondary N) is 1. The first-order chi connectivity index (χ1) is 11.1. The molecule has 1 amide bonds. The Morgan fingerprint density at radius 1 is 1.22 bits per heavy atom. The zero-order chi connectivity index (χ0) is 16.7. The standard InChI is InChI=1S/C18H20N2O3/c1-13(16-9-8-15(22-2)12-17(16)23-3)20-18(21)10-7-14-6-4-5-11-19-14/h4-13H,1-3H3,(H,20,21). The first-order valence-electron chi connectivity index (χ1n) is 7.25. The molecule has 1 aromatic heterocycles. The van der Waals surface area contributed by atoms with E-state index in [1.807, 2.05) is 37.3 Å². The van der Waals surface area contributed by atoms with Crippen LogP contribution in [0.5, 0.6) is 11.5 Å². The smallest absolute Gasteiger partial charge is 0.244 e. The number of carbonyl (C=O) groups excluding carboxylic acids is 1. The quantitative estimate of drug-likeness (QED) is 0.833. The topological polar surface area (TPSA) is 60.5 Å². The molecule has 0 spiro atoms. The monoisotopic (exact) mass is 312 g/mol. The number of ether oxygens (including phenoxy) is 2. The summed E-state index contributed by atoms with van der Waals surface area (Å²) in [4.78, 5) is 16.2. The molecule has 0 fully saturated rings. The molecule has 1 unspecified atom stereocenters. The fourth-order valence-corrected chi connectivity index (χ4v) is 2.15. The van der Waals surface area contributed by atoms with Gasteiger partial charge in [0.25, 0.3) is 0 Å². The summed E-state index contributed by atoms with van der Waals surface area (Å²) in [6.07, 6.45) is 4.82. The molecule has 23 heavy (non-hydrogen) atoms. The second-order valence-electron chi connectivity index (χ2n) is 4.93. The Morgan fingerprint density at radius 3 is 2.70 bits per heavy atom. The minimum atomic E-state index is -0.197. The molecule has 0 radical (unpaired) electrons. The molecule has 0 aliphatic heterocycles. The van der Waals surface area contributed by atoms with Gasteiger partial charge < -0.3 is 14.8 Å². The van der Waals surface area contributed by atoms with Crippen LogP contribution in [-0.2, 0) is 4.79 Å². The van der Waals surface area contributed by atoms with Crippen LogP contribution in [0.15, 0.2) is 48.7 Å². The molecule has 2 aromatic rings. The van der Waals surface area contributed by atoms with Gasteiger partial charge in [-0.05, 0) is 37.3 Å². The SMILES string of the molecule is COc1ccc(C(C)NC(=O)C=Cc2ccccn2)c(OC)c1. The van der Waals surface area contributed by atoms with Crippen molar-refractivity contribution in [3.05, 3.63) is 59.9 Å². The molecule has 0 saturated carbocycles. The molecule has 0 aliphatic carbocycles. The van der Waals surface area contributed by atoms with Crippen molar-refractivity contribution in [3.8, 4) is 11.5 Å². The summed E-state index contributed by atoms with van der Waals surface area (Å²) in [5.74, 6) is 1.19. The summed E-state index contributed by atoms with van der Waals surface area (Å²) in [6, 6.07) is 10.8. The normalized spacial score (nSPS) is 12.0. The first-order valence-corrected chi connectivity index (χ1v) is 7.25. The average Bonchev–Trinajstić information content (AvgIpc) is 2.60. The summed E-state index contributed by atoms with van der Waals surface area (Å²) >= 11 is 0. The van der Waals surface area contributed by atoms with Gasteiger partial charge in [-0.3, -0.25) is 9.78 Å². The van der Waals surface area contributed by atoms with Gasteiger partial charge in [0, 0.05) is 23.9 Å². The van der Waals surface area contributed by atoms with Gasteiger partial charge in [-0.15, -0.1) is 0 Å². The van der Waals surface area contributed by atoms with Crippen molar-refractivity contribution in [2.24, 2.45) is 0 Å². The van der Waals surface area contributed by atoms with Crippen LogP contribution in [0.1, 0.15) is 24.2 Å². The Hall–Kier alpha value is -2.82. The van der Waals surface area contributed by atoms with Crippen LogP contribution >= 0.6 is 0 Å². The van der Waals surface area contributed by atoms with Gasteiger partial charge in [0.15, 0.2) is 0 Å². The molecule has 1 aromatic carbocycles. The summed E-state index contributed by atoms with van der Waals surface area (Å²) in [7, 11) is 3.19. The van der Waals surface area contributed by atoms with E-state index in [4.69, 9.17) is 9.47 Å². The van der Waals surface area contributed by atoms with Gasteiger partial charge in [0.05, 0.1) is 26.0 Å². The van der Waals surface area contributed by atoms with Crippen LogP contribution in [0, 0.1) is 0 Å². The summed E-state index contributed by atoms with van der Waals surface area (Å²) in [6.45, 7) is 1.90. The largest absolute Gasteiger partial charge is 0.497 e. The summed E-state index contributed by atoms with van der Waals surface area (Å²) < 4.78 is 10.5. The number of carbonyl (C=O) groups is 1. The predicted molar refractivity (Wildman–Crippen MR) is 89.4 cm³/mol. The molecule has 1 atom stereocenters. The lowest BCUT2D eigenvalue weighted by molar-refractivity contribution is -0.117. The van der Waals surface area contributed by atoms with E-state index in [2.05, 4.69) is 10.3 Å². The van der Waals surface area contributed by atoms with Crippen molar-refractivity contribution in [2.45, 2.75) is 13.0 Å². The molecule has 0 bridgehead atoms. The van der Waals surface area contributed by atoms with E-state index in [0.717, 1.165) is 11.3 Å². The van der Waals surface area contributed by atoms with E-state index in [1.54, 1.807) is 32.6 Å². The van der Waals surface area contributed by atoms with Crippen molar-refractivity contribution < 1.29 is 14.3 Å². The molecule has 5 nitrogen and oxygen atoms in total. The van der Waals surface area contributed by atoms with E-state index in [-0.39, 0.29) is 11.9 Å². The number of rotatable bonds is 6. The molecule has 1 N–H and O–H groups in total. The molecular formula is C18H20N2O3. The van der Waals surface area contributed by atoms with Crippen LogP contribution in [-0.4, -0.2) is 25.1 Å². The molecule has 0 saturated heterocycles.